The van der Waals surface area contributed by atoms with Crippen molar-refractivity contribution in [3.8, 4) is 5.69 Å². The molecule has 0 spiro atoms. The standard InChI is InChI=1S/C15H13N3O3/c1-9-4-3-5-10(6-9)18-14(19)11-7-16-8-12(13(11)17-18)15(20)21-2/h3-8,17H,1-2H3. The van der Waals surface area contributed by atoms with Gasteiger partial charge in [-0.15, -0.1) is 0 Å². The first-order chi connectivity index (χ1) is 10.1. The predicted octanol–water partition coefficient (Wildman–Crippen LogP) is 1.81. The molecular weight excluding hydrogens is 270 g/mol. The number of hydrogen-bond acceptors (Lipinski definition) is 4. The van der Waals surface area contributed by atoms with Crippen molar-refractivity contribution < 1.29 is 9.53 Å². The number of ether oxygens (including phenoxy) is 1. The molecule has 0 saturated carbocycles. The molecule has 6 heteroatoms. The van der Waals surface area contributed by atoms with Crippen molar-refractivity contribution in [3.05, 3.63) is 58.1 Å². The van der Waals surface area contributed by atoms with E-state index in [4.69, 9.17) is 4.74 Å². The highest BCUT2D eigenvalue weighted by atomic mass is 16.5. The first-order valence-electron chi connectivity index (χ1n) is 6.36. The van der Waals surface area contributed by atoms with Crippen LogP contribution in [0.5, 0.6) is 0 Å². The van der Waals surface area contributed by atoms with Crippen molar-refractivity contribution in [2.75, 3.05) is 7.11 Å². The molecule has 0 radical (unpaired) electrons. The van der Waals surface area contributed by atoms with Crippen molar-refractivity contribution in [3.63, 3.8) is 0 Å². The first-order valence-corrected chi connectivity index (χ1v) is 6.36. The van der Waals surface area contributed by atoms with Crippen LogP contribution < -0.4 is 5.56 Å². The number of methoxy groups -OCH3 is 1. The third-order valence-corrected chi connectivity index (χ3v) is 3.27. The maximum absolute atomic E-state index is 12.4. The fourth-order valence-corrected chi connectivity index (χ4v) is 2.24. The quantitative estimate of drug-likeness (QED) is 0.728. The van der Waals surface area contributed by atoms with Crippen LogP contribution in [0.1, 0.15) is 15.9 Å². The summed E-state index contributed by atoms with van der Waals surface area (Å²) in [7, 11) is 1.29. The second-order valence-corrected chi connectivity index (χ2v) is 4.69. The molecule has 6 nitrogen and oxygen atoms in total. The minimum atomic E-state index is -0.536. The summed E-state index contributed by atoms with van der Waals surface area (Å²) in [5.41, 5.74) is 2.13. The minimum absolute atomic E-state index is 0.235. The number of H-pyrrole nitrogens is 1. The minimum Gasteiger partial charge on any atom is -0.465 e. The fourth-order valence-electron chi connectivity index (χ4n) is 2.24. The highest BCUT2D eigenvalue weighted by Crippen LogP contribution is 2.15. The number of rotatable bonds is 2. The van der Waals surface area contributed by atoms with E-state index in [1.54, 1.807) is 0 Å². The van der Waals surface area contributed by atoms with Gasteiger partial charge in [0.1, 0.15) is 5.56 Å². The second-order valence-electron chi connectivity index (χ2n) is 4.69. The van der Waals surface area contributed by atoms with Crippen LogP contribution in [0.4, 0.5) is 0 Å². The van der Waals surface area contributed by atoms with Gasteiger partial charge in [-0.3, -0.25) is 14.9 Å². The van der Waals surface area contributed by atoms with E-state index in [0.29, 0.717) is 16.6 Å². The van der Waals surface area contributed by atoms with E-state index in [9.17, 15) is 9.59 Å². The lowest BCUT2D eigenvalue weighted by Crippen LogP contribution is -2.14. The Bertz CT molecular complexity index is 893. The second kappa shape index (κ2) is 4.90. The molecule has 0 fully saturated rings. The highest BCUT2D eigenvalue weighted by molar-refractivity contribution is 6.01. The molecule has 3 aromatic rings. The molecule has 0 aliphatic rings. The Balaban J connectivity index is 2.30. The number of nitrogens with one attached hydrogen (secondary N) is 1. The Morgan fingerprint density at radius 1 is 1.33 bits per heavy atom. The van der Waals surface area contributed by atoms with Gasteiger partial charge in [0.25, 0.3) is 5.56 Å². The van der Waals surface area contributed by atoms with Gasteiger partial charge in [-0.1, -0.05) is 12.1 Å². The molecule has 0 amide bonds. The number of pyridine rings is 1. The van der Waals surface area contributed by atoms with Crippen LogP contribution in [-0.4, -0.2) is 27.8 Å². The van der Waals surface area contributed by atoms with E-state index in [2.05, 4.69) is 10.1 Å². The molecule has 21 heavy (non-hydrogen) atoms. The summed E-state index contributed by atoms with van der Waals surface area (Å²) in [6.45, 7) is 1.94. The number of esters is 1. The van der Waals surface area contributed by atoms with E-state index < -0.39 is 5.97 Å². The molecule has 0 aliphatic heterocycles. The number of aromatic nitrogens is 3. The van der Waals surface area contributed by atoms with Crippen LogP contribution in [-0.2, 0) is 4.74 Å². The molecule has 1 aromatic carbocycles. The summed E-state index contributed by atoms with van der Waals surface area (Å²) in [5, 5.41) is 3.30. The summed E-state index contributed by atoms with van der Waals surface area (Å²) < 4.78 is 6.10. The van der Waals surface area contributed by atoms with Crippen molar-refractivity contribution >= 4 is 16.9 Å². The van der Waals surface area contributed by atoms with E-state index >= 15 is 0 Å². The first kappa shape index (κ1) is 13.1. The number of aryl methyl sites for hydroxylation is 1. The van der Waals surface area contributed by atoms with Gasteiger partial charge in [0.2, 0.25) is 0 Å². The highest BCUT2D eigenvalue weighted by Gasteiger charge is 2.16. The Hall–Kier alpha value is -2.89. The van der Waals surface area contributed by atoms with Crippen molar-refractivity contribution in [1.82, 2.24) is 14.8 Å². The Morgan fingerprint density at radius 2 is 2.14 bits per heavy atom. The maximum Gasteiger partial charge on any atom is 0.341 e. The lowest BCUT2D eigenvalue weighted by molar-refractivity contribution is 0.0602. The van der Waals surface area contributed by atoms with Gasteiger partial charge in [0.05, 0.1) is 23.7 Å². The van der Waals surface area contributed by atoms with Crippen LogP contribution in [0.2, 0.25) is 0 Å². The summed E-state index contributed by atoms with van der Waals surface area (Å²) >= 11 is 0. The van der Waals surface area contributed by atoms with Gasteiger partial charge in [0.15, 0.2) is 0 Å². The van der Waals surface area contributed by atoms with Crippen LogP contribution in [0.15, 0.2) is 41.5 Å². The van der Waals surface area contributed by atoms with E-state index in [-0.39, 0.29) is 11.1 Å². The van der Waals surface area contributed by atoms with Crippen molar-refractivity contribution in [1.29, 1.82) is 0 Å². The third-order valence-electron chi connectivity index (χ3n) is 3.27. The predicted molar refractivity (Wildman–Crippen MR) is 77.8 cm³/mol. The molecule has 0 saturated heterocycles. The van der Waals surface area contributed by atoms with E-state index in [1.807, 2.05) is 31.2 Å². The average molecular weight is 283 g/mol. The zero-order valence-corrected chi connectivity index (χ0v) is 11.6. The molecule has 106 valence electrons. The third kappa shape index (κ3) is 2.10. The number of carbonyl (C=O) groups excluding carboxylic acids is 1. The van der Waals surface area contributed by atoms with Crippen molar-refractivity contribution in [2.24, 2.45) is 0 Å². The van der Waals surface area contributed by atoms with Crippen LogP contribution >= 0.6 is 0 Å². The van der Waals surface area contributed by atoms with Gasteiger partial charge in [-0.05, 0) is 24.6 Å². The Morgan fingerprint density at radius 3 is 2.86 bits per heavy atom. The monoisotopic (exact) mass is 283 g/mol. The van der Waals surface area contributed by atoms with Gasteiger partial charge < -0.3 is 4.74 Å². The number of hydrogen-bond donors (Lipinski definition) is 1. The number of fused-ring (bicyclic) bond motifs is 1. The van der Waals surface area contributed by atoms with Gasteiger partial charge >= 0.3 is 5.97 Å². The largest absolute Gasteiger partial charge is 0.465 e. The van der Waals surface area contributed by atoms with Crippen LogP contribution in [0.3, 0.4) is 0 Å². The van der Waals surface area contributed by atoms with Gasteiger partial charge in [-0.2, -0.15) is 0 Å². The zero-order chi connectivity index (χ0) is 15.0. The summed E-state index contributed by atoms with van der Waals surface area (Å²) in [6, 6.07) is 7.50. The topological polar surface area (TPSA) is 77.0 Å². The molecule has 1 N–H and O–H groups in total. The number of nitrogens with zero attached hydrogens (tertiary/aromatic N) is 2. The summed E-state index contributed by atoms with van der Waals surface area (Å²) in [4.78, 5) is 28.1. The summed E-state index contributed by atoms with van der Waals surface area (Å²) in [6.07, 6.45) is 2.82. The van der Waals surface area contributed by atoms with Gasteiger partial charge in [-0.25, -0.2) is 9.48 Å². The fraction of sp³-hybridized carbons (Fsp3) is 0.133. The molecule has 3 rings (SSSR count). The zero-order valence-electron chi connectivity index (χ0n) is 11.6. The van der Waals surface area contributed by atoms with E-state index in [1.165, 1.54) is 24.2 Å². The molecule has 2 heterocycles. The average Bonchev–Trinajstić information content (AvgIpc) is 2.84. The molecule has 0 bridgehead atoms. The maximum atomic E-state index is 12.4. The summed E-state index contributed by atoms with van der Waals surface area (Å²) in [5.74, 6) is -0.536. The normalized spacial score (nSPS) is 10.8. The van der Waals surface area contributed by atoms with E-state index in [0.717, 1.165) is 5.56 Å². The van der Waals surface area contributed by atoms with Crippen LogP contribution in [0, 0.1) is 6.92 Å². The Labute approximate surface area is 120 Å². The molecule has 2 aromatic heterocycles. The molecule has 0 unspecified atom stereocenters. The van der Waals surface area contributed by atoms with Crippen LogP contribution in [0.25, 0.3) is 16.6 Å². The number of benzene rings is 1. The lowest BCUT2D eigenvalue weighted by atomic mass is 10.2. The van der Waals surface area contributed by atoms with Gasteiger partial charge in [0, 0.05) is 12.4 Å². The SMILES string of the molecule is COC(=O)c1cncc2c(=O)n(-c3cccc(C)c3)[nH]c12. The molecular formula is C15H13N3O3. The molecule has 0 aliphatic carbocycles. The molecule has 0 atom stereocenters. The Kier molecular flexibility index (Phi) is 3.06. The number of aromatic amines is 1. The smallest absolute Gasteiger partial charge is 0.341 e. The lowest BCUT2D eigenvalue weighted by Gasteiger charge is -2.02. The van der Waals surface area contributed by atoms with Crippen molar-refractivity contribution in [2.45, 2.75) is 6.92 Å². The number of carbonyl (C=O) groups is 1.